The fourth-order valence-electron chi connectivity index (χ4n) is 5.28. The van der Waals surface area contributed by atoms with E-state index in [2.05, 4.69) is 76.2 Å². The first-order valence-corrected chi connectivity index (χ1v) is 17.5. The van der Waals surface area contributed by atoms with E-state index in [4.69, 9.17) is 27.8 Å². The summed E-state index contributed by atoms with van der Waals surface area (Å²) in [6.45, 7) is 13.8. The Hall–Kier alpha value is -3.78. The fraction of sp³-hybridized carbons (Fsp3) is 0.351. The third-order valence-corrected chi connectivity index (χ3v) is 9.79. The fourth-order valence-corrected chi connectivity index (χ4v) is 6.41. The van der Waals surface area contributed by atoms with Gasteiger partial charge in [0.1, 0.15) is 48.4 Å². The Morgan fingerprint density at radius 3 is 1.07 bits per heavy atom. The second-order valence-corrected chi connectivity index (χ2v) is 14.3. The van der Waals surface area contributed by atoms with E-state index in [1.807, 2.05) is 55.1 Å². The Balaban J connectivity index is 1.02. The number of ether oxygens (including phenoxy) is 4. The molecule has 4 aromatic rings. The van der Waals surface area contributed by atoms with E-state index in [0.717, 1.165) is 36.2 Å². The quantitative estimate of drug-likeness (QED) is 0.111. The molecular weight excluding hydrogens is 568 g/mol. The lowest BCUT2D eigenvalue weighted by Gasteiger charge is -2.27. The highest BCUT2D eigenvalue weighted by Crippen LogP contribution is 2.35. The van der Waals surface area contributed by atoms with Crippen LogP contribution < -0.4 is 18.3 Å². The molecule has 7 heteroatoms. The summed E-state index contributed by atoms with van der Waals surface area (Å²) in [5.41, 5.74) is 4.57. The van der Waals surface area contributed by atoms with Crippen LogP contribution in [0.3, 0.4) is 0 Å². The van der Waals surface area contributed by atoms with Crippen LogP contribution >= 0.6 is 0 Å². The van der Waals surface area contributed by atoms with Gasteiger partial charge in [0.2, 0.25) is 0 Å². The first-order chi connectivity index (χ1) is 21.2. The monoisotopic (exact) mass is 610 g/mol. The Morgan fingerprint density at radius 2 is 0.795 bits per heavy atom. The molecule has 4 aromatic carbocycles. The first kappa shape index (κ1) is 30.3. The lowest BCUT2D eigenvalue weighted by Crippen LogP contribution is -2.26. The summed E-state index contributed by atoms with van der Waals surface area (Å²) in [4.78, 5) is 0. The standard InChI is InChI=1S/C37H42O6Si/c1-36(2,26-6-14-30(15-7-26)38-22-34-24-40-34)28-10-18-32(19-11-28)42-44(5)43-33-20-12-29(13-21-33)37(3,4)27-8-16-31(17-9-27)39-23-35-25-41-35/h6-21,34-35,44H,22-25H2,1-5H3. The summed E-state index contributed by atoms with van der Waals surface area (Å²) < 4.78 is 34.5. The average molecular weight is 611 g/mol. The molecule has 2 atom stereocenters. The summed E-state index contributed by atoms with van der Waals surface area (Å²) in [5, 5.41) is 0. The van der Waals surface area contributed by atoms with Crippen LogP contribution in [-0.4, -0.2) is 47.9 Å². The molecule has 2 saturated heterocycles. The SMILES string of the molecule is C[SiH](Oc1ccc(C(C)(C)c2ccc(OCC3CO3)cc2)cc1)Oc1ccc(C(C)(C)c2ccc(OCC3CO3)cc2)cc1. The van der Waals surface area contributed by atoms with Crippen molar-refractivity contribution in [1.29, 1.82) is 0 Å². The van der Waals surface area contributed by atoms with Gasteiger partial charge in [-0.3, -0.25) is 0 Å². The highest BCUT2D eigenvalue weighted by molar-refractivity contribution is 6.44. The van der Waals surface area contributed by atoms with Crippen molar-refractivity contribution < 1.29 is 27.8 Å². The molecule has 44 heavy (non-hydrogen) atoms. The Bertz CT molecular complexity index is 1390. The second kappa shape index (κ2) is 12.7. The van der Waals surface area contributed by atoms with Crippen LogP contribution in [0.1, 0.15) is 49.9 Å². The van der Waals surface area contributed by atoms with Crippen molar-refractivity contribution in [2.75, 3.05) is 26.4 Å². The van der Waals surface area contributed by atoms with E-state index < -0.39 is 9.28 Å². The van der Waals surface area contributed by atoms with Gasteiger partial charge < -0.3 is 27.8 Å². The molecule has 0 aliphatic carbocycles. The highest BCUT2D eigenvalue weighted by Gasteiger charge is 2.26. The maximum atomic E-state index is 6.25. The van der Waals surface area contributed by atoms with E-state index in [0.29, 0.717) is 13.2 Å². The van der Waals surface area contributed by atoms with Crippen molar-refractivity contribution in [1.82, 2.24) is 0 Å². The number of epoxide rings is 2. The Labute approximate surface area is 262 Å². The van der Waals surface area contributed by atoms with Gasteiger partial charge in [-0.2, -0.15) is 0 Å². The lowest BCUT2D eigenvalue weighted by atomic mass is 9.78. The zero-order valence-corrected chi connectivity index (χ0v) is 27.4. The number of rotatable bonds is 14. The van der Waals surface area contributed by atoms with Gasteiger partial charge in [-0.05, 0) is 77.3 Å². The minimum Gasteiger partial charge on any atom is -0.514 e. The van der Waals surface area contributed by atoms with Gasteiger partial charge in [0, 0.05) is 10.8 Å². The maximum Gasteiger partial charge on any atom is 0.440 e. The van der Waals surface area contributed by atoms with Crippen molar-refractivity contribution in [2.24, 2.45) is 0 Å². The van der Waals surface area contributed by atoms with Crippen LogP contribution in [-0.2, 0) is 20.3 Å². The molecule has 2 heterocycles. The predicted octanol–water partition coefficient (Wildman–Crippen LogP) is 7.20. The van der Waals surface area contributed by atoms with Crippen LogP contribution in [0.2, 0.25) is 6.55 Å². The molecular formula is C37H42O6Si. The van der Waals surface area contributed by atoms with Gasteiger partial charge in [0.25, 0.3) is 0 Å². The summed E-state index contributed by atoms with van der Waals surface area (Å²) in [5.74, 6) is 3.39. The minimum absolute atomic E-state index is 0.160. The van der Waals surface area contributed by atoms with Gasteiger partial charge in [0.15, 0.2) is 0 Å². The molecule has 0 spiro atoms. The number of hydrogen-bond acceptors (Lipinski definition) is 6. The molecule has 2 aliphatic rings. The van der Waals surface area contributed by atoms with Crippen molar-refractivity contribution in [2.45, 2.75) is 57.3 Å². The third kappa shape index (κ3) is 7.46. The summed E-state index contributed by atoms with van der Waals surface area (Å²) in [6, 6.07) is 33.4. The molecule has 230 valence electrons. The van der Waals surface area contributed by atoms with Crippen molar-refractivity contribution in [3.8, 4) is 23.0 Å². The predicted molar refractivity (Wildman–Crippen MR) is 175 cm³/mol. The van der Waals surface area contributed by atoms with Crippen LogP contribution in [0, 0.1) is 0 Å². The second-order valence-electron chi connectivity index (χ2n) is 12.7. The molecule has 0 amide bonds. The Kier molecular flexibility index (Phi) is 8.72. The van der Waals surface area contributed by atoms with E-state index in [1.165, 1.54) is 22.3 Å². The molecule has 0 radical (unpaired) electrons. The highest BCUT2D eigenvalue weighted by atomic mass is 28.3. The third-order valence-electron chi connectivity index (χ3n) is 8.58. The van der Waals surface area contributed by atoms with Crippen molar-refractivity contribution in [3.63, 3.8) is 0 Å². The van der Waals surface area contributed by atoms with Gasteiger partial charge in [0.05, 0.1) is 13.2 Å². The van der Waals surface area contributed by atoms with Crippen LogP contribution in [0.15, 0.2) is 97.1 Å². The number of benzene rings is 4. The number of hydrogen-bond donors (Lipinski definition) is 0. The summed E-state index contributed by atoms with van der Waals surface area (Å²) in [6.07, 6.45) is 0.508. The zero-order valence-electron chi connectivity index (χ0n) is 26.2. The van der Waals surface area contributed by atoms with Gasteiger partial charge in [-0.25, -0.2) is 0 Å². The van der Waals surface area contributed by atoms with Crippen molar-refractivity contribution >= 4 is 9.28 Å². The average Bonchev–Trinajstić information content (AvgIpc) is 3.96. The maximum absolute atomic E-state index is 6.25. The molecule has 2 unspecified atom stereocenters. The van der Waals surface area contributed by atoms with E-state index in [1.54, 1.807) is 0 Å². The molecule has 6 rings (SSSR count). The molecule has 0 N–H and O–H groups in total. The summed E-state index contributed by atoms with van der Waals surface area (Å²) >= 11 is 0. The molecule has 2 fully saturated rings. The van der Waals surface area contributed by atoms with E-state index >= 15 is 0 Å². The molecule has 0 saturated carbocycles. The Morgan fingerprint density at radius 1 is 0.523 bits per heavy atom. The van der Waals surface area contributed by atoms with Crippen molar-refractivity contribution in [3.05, 3.63) is 119 Å². The van der Waals surface area contributed by atoms with Gasteiger partial charge in [-0.15, -0.1) is 0 Å². The van der Waals surface area contributed by atoms with Crippen LogP contribution in [0.5, 0.6) is 23.0 Å². The molecule has 0 bridgehead atoms. The molecule has 6 nitrogen and oxygen atoms in total. The lowest BCUT2D eigenvalue weighted by molar-refractivity contribution is 0.263. The smallest absolute Gasteiger partial charge is 0.440 e. The minimum atomic E-state index is -1.97. The zero-order chi connectivity index (χ0) is 30.7. The largest absolute Gasteiger partial charge is 0.514 e. The van der Waals surface area contributed by atoms with Gasteiger partial charge in [-0.1, -0.05) is 76.2 Å². The van der Waals surface area contributed by atoms with E-state index in [-0.39, 0.29) is 23.0 Å². The van der Waals surface area contributed by atoms with Crippen LogP contribution in [0.4, 0.5) is 0 Å². The normalized spacial score (nSPS) is 18.3. The topological polar surface area (TPSA) is 62.0 Å². The van der Waals surface area contributed by atoms with Gasteiger partial charge >= 0.3 is 9.28 Å². The molecule has 2 aliphatic heterocycles. The summed E-state index contributed by atoms with van der Waals surface area (Å²) in [7, 11) is -1.97. The first-order valence-electron chi connectivity index (χ1n) is 15.4. The molecule has 0 aromatic heterocycles. The van der Waals surface area contributed by atoms with E-state index in [9.17, 15) is 0 Å². The van der Waals surface area contributed by atoms with Crippen LogP contribution in [0.25, 0.3) is 0 Å².